The third kappa shape index (κ3) is 4.85. The van der Waals surface area contributed by atoms with E-state index in [1.54, 1.807) is 30.5 Å². The van der Waals surface area contributed by atoms with Gasteiger partial charge in [-0.1, -0.05) is 29.8 Å². The molecule has 110 valence electrons. The number of benzene rings is 1. The minimum atomic E-state index is -0.748. The normalized spacial score (nSPS) is 12.0. The Morgan fingerprint density at radius 2 is 2.00 bits per heavy atom. The maximum atomic E-state index is 11.8. The fraction of sp³-hybridized carbons (Fsp3) is 0.250. The number of halogens is 1. The van der Waals surface area contributed by atoms with E-state index < -0.39 is 6.10 Å². The van der Waals surface area contributed by atoms with E-state index in [0.717, 1.165) is 16.8 Å². The summed E-state index contributed by atoms with van der Waals surface area (Å²) in [4.78, 5) is 16.0. The lowest BCUT2D eigenvalue weighted by Crippen LogP contribution is -2.29. The lowest BCUT2D eigenvalue weighted by atomic mass is 10.1. The predicted octanol–water partition coefficient (Wildman–Crippen LogP) is 2.44. The Bertz CT molecular complexity index is 597. The first-order valence-electron chi connectivity index (χ1n) is 6.66. The predicted molar refractivity (Wildman–Crippen MR) is 82.1 cm³/mol. The van der Waals surface area contributed by atoms with Crippen LogP contribution in [-0.2, 0) is 11.2 Å². The average Bonchev–Trinajstić information content (AvgIpc) is 2.48. The number of aliphatic hydroxyl groups is 1. The number of nitrogens with zero attached hydrogens (tertiary/aromatic N) is 1. The van der Waals surface area contributed by atoms with Gasteiger partial charge in [-0.05, 0) is 36.2 Å². The number of nitrogens with one attached hydrogen (secondary N) is 1. The van der Waals surface area contributed by atoms with Crippen molar-refractivity contribution in [2.75, 3.05) is 6.54 Å². The molecule has 21 heavy (non-hydrogen) atoms. The molecule has 2 rings (SSSR count). The van der Waals surface area contributed by atoms with Crippen molar-refractivity contribution in [3.05, 3.63) is 64.4 Å². The molecular weight excluding hydrogens is 288 g/mol. The van der Waals surface area contributed by atoms with Crippen LogP contribution in [0.4, 0.5) is 0 Å². The first kappa shape index (κ1) is 15.5. The molecular formula is C16H17ClN2O2. The molecule has 1 heterocycles. The molecule has 2 aromatic rings. The van der Waals surface area contributed by atoms with Crippen LogP contribution in [0.5, 0.6) is 0 Å². The molecule has 0 aliphatic heterocycles. The van der Waals surface area contributed by atoms with Crippen molar-refractivity contribution >= 4 is 17.5 Å². The van der Waals surface area contributed by atoms with E-state index in [0.29, 0.717) is 5.02 Å². The van der Waals surface area contributed by atoms with E-state index in [1.807, 2.05) is 19.1 Å². The molecule has 5 heteroatoms. The zero-order chi connectivity index (χ0) is 15.2. The van der Waals surface area contributed by atoms with Gasteiger partial charge in [-0.2, -0.15) is 0 Å². The van der Waals surface area contributed by atoms with Gasteiger partial charge in [-0.3, -0.25) is 9.78 Å². The zero-order valence-electron chi connectivity index (χ0n) is 11.7. The zero-order valence-corrected chi connectivity index (χ0v) is 12.5. The second kappa shape index (κ2) is 7.20. The average molecular weight is 305 g/mol. The molecule has 0 saturated heterocycles. The Hall–Kier alpha value is -1.91. The number of amides is 1. The molecule has 0 spiro atoms. The van der Waals surface area contributed by atoms with Crippen molar-refractivity contribution in [2.45, 2.75) is 19.4 Å². The van der Waals surface area contributed by atoms with Crippen LogP contribution in [0, 0.1) is 6.92 Å². The van der Waals surface area contributed by atoms with Gasteiger partial charge in [0.15, 0.2) is 0 Å². The Labute approximate surface area is 128 Å². The number of carbonyl (C=O) groups excluding carboxylic acids is 1. The van der Waals surface area contributed by atoms with E-state index in [2.05, 4.69) is 10.3 Å². The third-order valence-corrected chi connectivity index (χ3v) is 3.34. The summed E-state index contributed by atoms with van der Waals surface area (Å²) in [7, 11) is 0. The Kier molecular flexibility index (Phi) is 5.31. The van der Waals surface area contributed by atoms with Gasteiger partial charge in [0, 0.05) is 23.5 Å². The van der Waals surface area contributed by atoms with Gasteiger partial charge >= 0.3 is 0 Å². The van der Waals surface area contributed by atoms with Gasteiger partial charge in [0.05, 0.1) is 12.5 Å². The second-order valence-corrected chi connectivity index (χ2v) is 5.29. The first-order chi connectivity index (χ1) is 10.0. The number of carbonyl (C=O) groups is 1. The minimum Gasteiger partial charge on any atom is -0.387 e. The molecule has 1 aromatic carbocycles. The van der Waals surface area contributed by atoms with Crippen molar-refractivity contribution < 1.29 is 9.90 Å². The monoisotopic (exact) mass is 304 g/mol. The SMILES string of the molecule is Cc1ccc(CC(=O)NCC(O)c2ccc(Cl)cc2)cn1. The van der Waals surface area contributed by atoms with Crippen molar-refractivity contribution in [1.29, 1.82) is 0 Å². The van der Waals surface area contributed by atoms with Crippen LogP contribution < -0.4 is 5.32 Å². The van der Waals surface area contributed by atoms with Gasteiger partial charge in [0.25, 0.3) is 0 Å². The van der Waals surface area contributed by atoms with Gasteiger partial charge in [0.1, 0.15) is 0 Å². The number of pyridine rings is 1. The summed E-state index contributed by atoms with van der Waals surface area (Å²) in [6.45, 7) is 2.06. The molecule has 1 atom stereocenters. The summed E-state index contributed by atoms with van der Waals surface area (Å²) in [5.41, 5.74) is 2.48. The topological polar surface area (TPSA) is 62.2 Å². The number of aliphatic hydroxyl groups excluding tert-OH is 1. The number of aromatic nitrogens is 1. The molecule has 2 N–H and O–H groups in total. The van der Waals surface area contributed by atoms with Crippen molar-refractivity contribution in [1.82, 2.24) is 10.3 Å². The molecule has 0 bridgehead atoms. The third-order valence-electron chi connectivity index (χ3n) is 3.08. The smallest absolute Gasteiger partial charge is 0.224 e. The molecule has 0 fully saturated rings. The maximum absolute atomic E-state index is 11.8. The number of aryl methyl sites for hydroxylation is 1. The van der Waals surface area contributed by atoms with Gasteiger partial charge < -0.3 is 10.4 Å². The van der Waals surface area contributed by atoms with Crippen LogP contribution in [0.2, 0.25) is 5.02 Å². The van der Waals surface area contributed by atoms with Crippen molar-refractivity contribution in [2.24, 2.45) is 0 Å². The molecule has 0 aliphatic carbocycles. The van der Waals surface area contributed by atoms with Crippen LogP contribution in [0.1, 0.15) is 22.9 Å². The standard InChI is InChI=1S/C16H17ClN2O2/c1-11-2-3-12(9-18-11)8-16(21)19-10-15(20)13-4-6-14(17)7-5-13/h2-7,9,15,20H,8,10H2,1H3,(H,19,21). The number of rotatable bonds is 5. The largest absolute Gasteiger partial charge is 0.387 e. The number of hydrogen-bond donors (Lipinski definition) is 2. The summed E-state index contributed by atoms with van der Waals surface area (Å²) >= 11 is 5.79. The summed E-state index contributed by atoms with van der Waals surface area (Å²) in [5.74, 6) is -0.145. The highest BCUT2D eigenvalue weighted by atomic mass is 35.5. The van der Waals surface area contributed by atoms with E-state index in [9.17, 15) is 9.90 Å². The maximum Gasteiger partial charge on any atom is 0.224 e. The summed E-state index contributed by atoms with van der Waals surface area (Å²) in [6, 6.07) is 10.6. The van der Waals surface area contributed by atoms with E-state index in [-0.39, 0.29) is 18.9 Å². The molecule has 4 nitrogen and oxygen atoms in total. The van der Waals surface area contributed by atoms with Crippen molar-refractivity contribution in [3.63, 3.8) is 0 Å². The lowest BCUT2D eigenvalue weighted by Gasteiger charge is -2.12. The van der Waals surface area contributed by atoms with E-state index in [4.69, 9.17) is 11.6 Å². The van der Waals surface area contributed by atoms with Crippen LogP contribution in [0.25, 0.3) is 0 Å². The van der Waals surface area contributed by atoms with Crippen LogP contribution >= 0.6 is 11.6 Å². The van der Waals surface area contributed by atoms with Crippen LogP contribution in [0.3, 0.4) is 0 Å². The molecule has 1 aromatic heterocycles. The van der Waals surface area contributed by atoms with Gasteiger partial charge in [-0.25, -0.2) is 0 Å². The molecule has 0 radical (unpaired) electrons. The van der Waals surface area contributed by atoms with Crippen molar-refractivity contribution in [3.8, 4) is 0 Å². The van der Waals surface area contributed by atoms with Crippen LogP contribution in [-0.4, -0.2) is 22.5 Å². The first-order valence-corrected chi connectivity index (χ1v) is 7.04. The highest BCUT2D eigenvalue weighted by Gasteiger charge is 2.10. The molecule has 0 saturated carbocycles. The lowest BCUT2D eigenvalue weighted by molar-refractivity contribution is -0.120. The van der Waals surface area contributed by atoms with Gasteiger partial charge in [0.2, 0.25) is 5.91 Å². The van der Waals surface area contributed by atoms with E-state index in [1.165, 1.54) is 0 Å². The fourth-order valence-electron chi connectivity index (χ4n) is 1.86. The molecule has 0 aliphatic rings. The summed E-state index contributed by atoms with van der Waals surface area (Å²) in [5, 5.41) is 13.3. The molecule has 1 amide bonds. The quantitative estimate of drug-likeness (QED) is 0.892. The Balaban J connectivity index is 1.83. The highest BCUT2D eigenvalue weighted by Crippen LogP contribution is 2.15. The number of hydrogen-bond acceptors (Lipinski definition) is 3. The van der Waals surface area contributed by atoms with Gasteiger partial charge in [-0.15, -0.1) is 0 Å². The second-order valence-electron chi connectivity index (χ2n) is 4.86. The Morgan fingerprint density at radius 3 is 2.62 bits per heavy atom. The van der Waals surface area contributed by atoms with E-state index >= 15 is 0 Å². The Morgan fingerprint density at radius 1 is 1.29 bits per heavy atom. The highest BCUT2D eigenvalue weighted by molar-refractivity contribution is 6.30. The fourth-order valence-corrected chi connectivity index (χ4v) is 1.99. The summed E-state index contributed by atoms with van der Waals surface area (Å²) in [6.07, 6.45) is 1.19. The summed E-state index contributed by atoms with van der Waals surface area (Å²) < 4.78 is 0. The molecule has 1 unspecified atom stereocenters. The van der Waals surface area contributed by atoms with Crippen LogP contribution in [0.15, 0.2) is 42.6 Å². The minimum absolute atomic E-state index is 0.145.